The number of benzene rings is 2. The van der Waals surface area contributed by atoms with Crippen LogP contribution in [0.2, 0.25) is 10.0 Å². The van der Waals surface area contributed by atoms with Crippen molar-refractivity contribution in [1.82, 2.24) is 0 Å². The third-order valence-electron chi connectivity index (χ3n) is 2.78. The molecule has 0 spiro atoms. The normalized spacial score (nSPS) is 10.4. The minimum Gasteiger partial charge on any atom is -0.290 e. The quantitative estimate of drug-likeness (QED) is 0.758. The molecule has 0 aromatic heterocycles. The van der Waals surface area contributed by atoms with Gasteiger partial charge in [0.05, 0.1) is 0 Å². The Balaban J connectivity index is 2.79. The van der Waals surface area contributed by atoms with Gasteiger partial charge in [0.2, 0.25) is 0 Å². The molecule has 0 amide bonds. The molecule has 0 heterocycles. The first-order valence-corrected chi connectivity index (χ1v) is 7.50. The summed E-state index contributed by atoms with van der Waals surface area (Å²) in [5.41, 5.74) is 1.75. The number of carbonyl (C=O) groups excluding carboxylic acids is 2. The summed E-state index contributed by atoms with van der Waals surface area (Å²) >= 11 is 12.0. The van der Waals surface area contributed by atoms with Gasteiger partial charge in [-0.2, -0.15) is 0 Å². The lowest BCUT2D eigenvalue weighted by atomic mass is 9.96. The first-order valence-electron chi connectivity index (χ1n) is 5.59. The molecular weight excluding hydrogens is 333 g/mol. The van der Waals surface area contributed by atoms with Gasteiger partial charge in [0.25, 0.3) is 0 Å². The molecule has 0 saturated carbocycles. The van der Waals surface area contributed by atoms with E-state index in [0.717, 1.165) is 0 Å². The first-order chi connectivity index (χ1) is 9.40. The summed E-state index contributed by atoms with van der Waals surface area (Å²) in [6.45, 7) is 0. The van der Waals surface area contributed by atoms with Gasteiger partial charge in [-0.15, -0.1) is 0 Å². The van der Waals surface area contributed by atoms with E-state index in [-0.39, 0.29) is 11.0 Å². The lowest BCUT2D eigenvalue weighted by Crippen LogP contribution is -1.98. The average molecular weight is 343 g/mol. The van der Waals surface area contributed by atoms with Crippen molar-refractivity contribution in [2.45, 2.75) is 0 Å². The summed E-state index contributed by atoms with van der Waals surface area (Å²) in [4.78, 5) is 23.4. The highest BCUT2D eigenvalue weighted by atomic mass is 35.5. The molecule has 20 heavy (non-hydrogen) atoms. The van der Waals surface area contributed by atoms with Gasteiger partial charge in [0.15, 0.2) is 11.0 Å². The van der Waals surface area contributed by atoms with Crippen molar-refractivity contribution < 1.29 is 9.59 Å². The zero-order chi connectivity index (χ0) is 14.9. The van der Waals surface area contributed by atoms with E-state index in [0.29, 0.717) is 32.3 Å². The van der Waals surface area contributed by atoms with Gasteiger partial charge in [-0.05, 0) is 47.5 Å². The fourth-order valence-corrected chi connectivity index (χ4v) is 2.76. The van der Waals surface area contributed by atoms with Crippen LogP contribution in [0.1, 0.15) is 20.7 Å². The summed E-state index contributed by atoms with van der Waals surface area (Å²) in [6.07, 6.45) is 0. The molecule has 0 aliphatic heterocycles. The van der Waals surface area contributed by atoms with E-state index in [2.05, 4.69) is 18.5 Å². The molecule has 0 saturated heterocycles. The molecule has 2 aromatic carbocycles. The van der Waals surface area contributed by atoms with Gasteiger partial charge < -0.3 is 0 Å². The third kappa shape index (κ3) is 3.27. The second kappa shape index (κ2) is 6.33. The Hall–Kier alpha value is -0.780. The van der Waals surface area contributed by atoms with Crippen LogP contribution in [-0.4, -0.2) is 11.0 Å². The van der Waals surface area contributed by atoms with Gasteiger partial charge in [0, 0.05) is 21.2 Å². The number of halogens is 2. The molecule has 0 radical (unpaired) electrons. The molecule has 2 unspecified atom stereocenters. The van der Waals surface area contributed by atoms with Crippen LogP contribution in [0.4, 0.5) is 0 Å². The van der Waals surface area contributed by atoms with Crippen molar-refractivity contribution in [3.63, 3.8) is 0 Å². The predicted octanol–water partition coefficient (Wildman–Crippen LogP) is 4.69. The number of hydrogen-bond donors (Lipinski definition) is 0. The molecule has 2 rings (SSSR count). The minimum absolute atomic E-state index is 0.182. The van der Waals surface area contributed by atoms with Crippen molar-refractivity contribution in [3.05, 3.63) is 57.6 Å². The fraction of sp³-hybridized carbons (Fsp3) is 0. The SMILES string of the molecule is O=C(P)c1ccc(Cl)cc1-c1cc(Cl)ccc1C(=O)P. The largest absolute Gasteiger partial charge is 0.290 e. The lowest BCUT2D eigenvalue weighted by molar-refractivity contribution is 0.107. The van der Waals surface area contributed by atoms with Crippen molar-refractivity contribution in [3.8, 4) is 11.1 Å². The summed E-state index contributed by atoms with van der Waals surface area (Å²) in [5, 5.41) is 0.967. The predicted molar refractivity (Wildman–Crippen MR) is 90.0 cm³/mol. The van der Waals surface area contributed by atoms with E-state index < -0.39 is 0 Å². The zero-order valence-electron chi connectivity index (χ0n) is 10.2. The zero-order valence-corrected chi connectivity index (χ0v) is 14.0. The van der Waals surface area contributed by atoms with Crippen molar-refractivity contribution >= 4 is 52.7 Å². The van der Waals surface area contributed by atoms with Gasteiger partial charge in [-0.1, -0.05) is 41.7 Å². The number of rotatable bonds is 3. The van der Waals surface area contributed by atoms with Crippen LogP contribution in [0.25, 0.3) is 11.1 Å². The maximum Gasteiger partial charge on any atom is 0.178 e. The highest BCUT2D eigenvalue weighted by Gasteiger charge is 2.16. The topological polar surface area (TPSA) is 34.1 Å². The van der Waals surface area contributed by atoms with E-state index in [1.54, 1.807) is 36.4 Å². The van der Waals surface area contributed by atoms with E-state index >= 15 is 0 Å². The van der Waals surface area contributed by atoms with E-state index in [9.17, 15) is 9.59 Å². The Labute approximate surface area is 131 Å². The standard InChI is InChI=1S/C14H10Cl2O2P2/c15-7-1-3-9(13(17)19)11(5-7)12-6-8(16)2-4-10(12)14(18)20/h1-6H,19-20H2. The molecular formula is C14H10Cl2O2P2. The van der Waals surface area contributed by atoms with Crippen LogP contribution in [0, 0.1) is 0 Å². The number of hydrogen-bond acceptors (Lipinski definition) is 2. The second-order valence-electron chi connectivity index (χ2n) is 4.11. The summed E-state index contributed by atoms with van der Waals surface area (Å²) in [7, 11) is 4.24. The smallest absolute Gasteiger partial charge is 0.178 e. The van der Waals surface area contributed by atoms with Crippen LogP contribution in [-0.2, 0) is 0 Å². The molecule has 102 valence electrons. The van der Waals surface area contributed by atoms with Crippen molar-refractivity contribution in [1.29, 1.82) is 0 Å². The maximum absolute atomic E-state index is 11.7. The molecule has 0 fully saturated rings. The van der Waals surface area contributed by atoms with Gasteiger partial charge in [-0.3, -0.25) is 9.59 Å². The Kier molecular flexibility index (Phi) is 4.94. The number of carbonyl (C=O) groups is 2. The third-order valence-corrected chi connectivity index (χ3v) is 3.88. The van der Waals surface area contributed by atoms with Crippen molar-refractivity contribution in [2.75, 3.05) is 0 Å². The van der Waals surface area contributed by atoms with E-state index in [1.807, 2.05) is 0 Å². The van der Waals surface area contributed by atoms with E-state index in [4.69, 9.17) is 23.2 Å². The first kappa shape index (κ1) is 15.6. The molecule has 6 heteroatoms. The Morgan fingerprint density at radius 3 is 1.40 bits per heavy atom. The monoisotopic (exact) mass is 342 g/mol. The van der Waals surface area contributed by atoms with Crippen LogP contribution < -0.4 is 0 Å². The average Bonchev–Trinajstić information content (AvgIpc) is 2.37. The molecule has 0 aliphatic carbocycles. The minimum atomic E-state index is -0.182. The molecule has 2 aromatic rings. The van der Waals surface area contributed by atoms with Crippen LogP contribution in [0.15, 0.2) is 36.4 Å². The van der Waals surface area contributed by atoms with Crippen LogP contribution in [0.5, 0.6) is 0 Å². The highest BCUT2D eigenvalue weighted by Crippen LogP contribution is 2.33. The van der Waals surface area contributed by atoms with Gasteiger partial charge >= 0.3 is 0 Å². The van der Waals surface area contributed by atoms with Crippen LogP contribution in [0.3, 0.4) is 0 Å². The van der Waals surface area contributed by atoms with E-state index in [1.165, 1.54) is 0 Å². The molecule has 0 aliphatic rings. The maximum atomic E-state index is 11.7. The molecule has 0 N–H and O–H groups in total. The summed E-state index contributed by atoms with van der Waals surface area (Å²) < 4.78 is 0. The van der Waals surface area contributed by atoms with Gasteiger partial charge in [-0.25, -0.2) is 0 Å². The lowest BCUT2D eigenvalue weighted by Gasteiger charge is -2.12. The Morgan fingerprint density at radius 2 is 1.10 bits per heavy atom. The summed E-state index contributed by atoms with van der Waals surface area (Å²) in [6, 6.07) is 9.84. The van der Waals surface area contributed by atoms with Gasteiger partial charge in [0.1, 0.15) is 0 Å². The van der Waals surface area contributed by atoms with Crippen molar-refractivity contribution in [2.24, 2.45) is 0 Å². The fourth-order valence-electron chi connectivity index (χ4n) is 1.91. The second-order valence-corrected chi connectivity index (χ2v) is 6.03. The summed E-state index contributed by atoms with van der Waals surface area (Å²) in [5.74, 6) is 0. The molecule has 0 bridgehead atoms. The Bertz CT molecular complexity index is 653. The highest BCUT2D eigenvalue weighted by molar-refractivity contribution is 7.41. The Morgan fingerprint density at radius 1 is 0.750 bits per heavy atom. The molecule has 2 nitrogen and oxygen atoms in total. The van der Waals surface area contributed by atoms with Crippen LogP contribution >= 0.6 is 41.7 Å². The molecule has 2 atom stereocenters.